The van der Waals surface area contributed by atoms with Crippen LogP contribution in [0.1, 0.15) is 11.1 Å². The Morgan fingerprint density at radius 2 is 1.67 bits per heavy atom. The van der Waals surface area contributed by atoms with Crippen LogP contribution in [-0.4, -0.2) is 23.9 Å². The van der Waals surface area contributed by atoms with E-state index in [0.29, 0.717) is 6.54 Å². The number of nitrogens with two attached hydrogens (primary N) is 2. The summed E-state index contributed by atoms with van der Waals surface area (Å²) in [6.07, 6.45) is 0.876. The van der Waals surface area contributed by atoms with Crippen LogP contribution in [0.3, 0.4) is 0 Å². The van der Waals surface area contributed by atoms with Crippen molar-refractivity contribution in [3.8, 4) is 0 Å². The van der Waals surface area contributed by atoms with Gasteiger partial charge < -0.3 is 11.5 Å². The van der Waals surface area contributed by atoms with E-state index in [1.165, 1.54) is 5.56 Å². The van der Waals surface area contributed by atoms with Crippen LogP contribution in [-0.2, 0) is 17.8 Å². The molecule has 4 nitrogen and oxygen atoms in total. The summed E-state index contributed by atoms with van der Waals surface area (Å²) < 4.78 is 0. The highest BCUT2D eigenvalue weighted by molar-refractivity contribution is 5.75. The van der Waals surface area contributed by atoms with Crippen LogP contribution in [0, 0.1) is 0 Å². The van der Waals surface area contributed by atoms with E-state index in [1.807, 2.05) is 47.4 Å². The zero-order chi connectivity index (χ0) is 15.1. The second kappa shape index (κ2) is 7.45. The molecule has 0 heterocycles. The Balaban J connectivity index is 2.01. The largest absolute Gasteiger partial charge is 0.398 e. The van der Waals surface area contributed by atoms with Gasteiger partial charge in [-0.3, -0.25) is 9.69 Å². The number of nitrogens with zero attached hydrogens (tertiary/aromatic N) is 1. The highest BCUT2D eigenvalue weighted by Gasteiger charge is 2.10. The molecule has 2 aromatic rings. The lowest BCUT2D eigenvalue weighted by Crippen LogP contribution is -2.35. The van der Waals surface area contributed by atoms with Crippen molar-refractivity contribution >= 4 is 11.6 Å². The Morgan fingerprint density at radius 1 is 1.00 bits per heavy atom. The molecule has 2 aromatic carbocycles. The number of rotatable bonds is 7. The predicted molar refractivity (Wildman–Crippen MR) is 85.5 cm³/mol. The Kier molecular flexibility index (Phi) is 5.35. The van der Waals surface area contributed by atoms with Gasteiger partial charge in [0.05, 0.1) is 6.54 Å². The van der Waals surface area contributed by atoms with Crippen LogP contribution in [0.25, 0.3) is 0 Å². The summed E-state index contributed by atoms with van der Waals surface area (Å²) in [6.45, 7) is 1.63. The summed E-state index contributed by atoms with van der Waals surface area (Å²) in [5.74, 6) is -0.322. The first-order valence-electron chi connectivity index (χ1n) is 7.03. The summed E-state index contributed by atoms with van der Waals surface area (Å²) in [6, 6.07) is 17.9. The van der Waals surface area contributed by atoms with Crippen LogP contribution < -0.4 is 11.5 Å². The second-order valence-electron chi connectivity index (χ2n) is 5.11. The number of primary amides is 1. The average molecular weight is 283 g/mol. The van der Waals surface area contributed by atoms with E-state index >= 15 is 0 Å². The molecule has 0 bridgehead atoms. The fourth-order valence-corrected chi connectivity index (χ4v) is 2.29. The molecule has 0 radical (unpaired) electrons. The fraction of sp³-hybridized carbons (Fsp3) is 0.235. The summed E-state index contributed by atoms with van der Waals surface area (Å²) in [5.41, 5.74) is 14.3. The van der Waals surface area contributed by atoms with Crippen molar-refractivity contribution in [2.75, 3.05) is 18.8 Å². The first-order valence-corrected chi connectivity index (χ1v) is 7.03. The van der Waals surface area contributed by atoms with Crippen molar-refractivity contribution in [2.24, 2.45) is 5.73 Å². The molecule has 4 N–H and O–H groups in total. The molecule has 21 heavy (non-hydrogen) atoms. The lowest BCUT2D eigenvalue weighted by atomic mass is 10.1. The van der Waals surface area contributed by atoms with E-state index in [4.69, 9.17) is 11.5 Å². The van der Waals surface area contributed by atoms with Gasteiger partial charge in [-0.2, -0.15) is 0 Å². The number of anilines is 1. The van der Waals surface area contributed by atoms with Crippen LogP contribution in [0.2, 0.25) is 0 Å². The number of carbonyl (C=O) groups excluding carboxylic acids is 1. The molecular formula is C17H21N3O. The van der Waals surface area contributed by atoms with E-state index in [9.17, 15) is 4.79 Å². The Bertz CT molecular complexity index is 584. The summed E-state index contributed by atoms with van der Waals surface area (Å²) >= 11 is 0. The topological polar surface area (TPSA) is 72.4 Å². The van der Waals surface area contributed by atoms with Gasteiger partial charge >= 0.3 is 0 Å². The number of amides is 1. The molecule has 2 rings (SSSR count). The lowest BCUT2D eigenvalue weighted by Gasteiger charge is -2.21. The Morgan fingerprint density at radius 3 is 2.33 bits per heavy atom. The van der Waals surface area contributed by atoms with Crippen LogP contribution in [0.15, 0.2) is 54.6 Å². The van der Waals surface area contributed by atoms with Gasteiger partial charge in [-0.05, 0) is 23.6 Å². The fourth-order valence-electron chi connectivity index (χ4n) is 2.29. The maximum absolute atomic E-state index is 11.2. The molecule has 0 saturated carbocycles. The van der Waals surface area contributed by atoms with Gasteiger partial charge in [0.25, 0.3) is 0 Å². The van der Waals surface area contributed by atoms with Gasteiger partial charge in [0.2, 0.25) is 5.91 Å². The molecule has 110 valence electrons. The maximum atomic E-state index is 11.2. The van der Waals surface area contributed by atoms with Gasteiger partial charge in [0, 0.05) is 18.8 Å². The maximum Gasteiger partial charge on any atom is 0.231 e. The second-order valence-corrected chi connectivity index (χ2v) is 5.11. The van der Waals surface area contributed by atoms with Gasteiger partial charge in [0.1, 0.15) is 0 Å². The van der Waals surface area contributed by atoms with E-state index in [-0.39, 0.29) is 12.5 Å². The molecule has 0 atom stereocenters. The van der Waals surface area contributed by atoms with Crippen LogP contribution in [0.4, 0.5) is 5.69 Å². The number of hydrogen-bond acceptors (Lipinski definition) is 3. The first kappa shape index (κ1) is 15.1. The number of para-hydroxylation sites is 1. The zero-order valence-electron chi connectivity index (χ0n) is 12.0. The van der Waals surface area contributed by atoms with Gasteiger partial charge in [-0.25, -0.2) is 0 Å². The van der Waals surface area contributed by atoms with E-state index in [1.54, 1.807) is 0 Å². The highest BCUT2D eigenvalue weighted by Crippen LogP contribution is 2.13. The summed E-state index contributed by atoms with van der Waals surface area (Å²) in [7, 11) is 0. The minimum Gasteiger partial charge on any atom is -0.398 e. The standard InChI is InChI=1S/C17H21N3O/c18-16-9-5-4-8-15(16)12-20(13-17(19)21)11-10-14-6-2-1-3-7-14/h1-9H,10-13,18H2,(H2,19,21). The predicted octanol–water partition coefficient (Wildman–Crippen LogP) is 1.80. The minimum atomic E-state index is -0.322. The molecule has 0 aliphatic rings. The highest BCUT2D eigenvalue weighted by atomic mass is 16.1. The molecule has 1 amide bonds. The van der Waals surface area contributed by atoms with Gasteiger partial charge in [-0.15, -0.1) is 0 Å². The summed E-state index contributed by atoms with van der Waals surface area (Å²) in [5, 5.41) is 0. The molecule has 0 aliphatic heterocycles. The molecule has 0 aromatic heterocycles. The first-order chi connectivity index (χ1) is 10.1. The number of benzene rings is 2. The monoisotopic (exact) mass is 283 g/mol. The number of nitrogen functional groups attached to an aromatic ring is 1. The molecular weight excluding hydrogens is 262 g/mol. The molecule has 0 unspecified atom stereocenters. The molecule has 4 heteroatoms. The SMILES string of the molecule is NC(=O)CN(CCc1ccccc1)Cc1ccccc1N. The van der Waals surface area contributed by atoms with Crippen LogP contribution in [0.5, 0.6) is 0 Å². The van der Waals surface area contributed by atoms with E-state index in [0.717, 1.165) is 24.2 Å². The van der Waals surface area contributed by atoms with Crippen molar-refractivity contribution < 1.29 is 4.79 Å². The third-order valence-electron chi connectivity index (χ3n) is 3.39. The third-order valence-corrected chi connectivity index (χ3v) is 3.39. The zero-order valence-corrected chi connectivity index (χ0v) is 12.0. The Labute approximate surface area is 125 Å². The minimum absolute atomic E-state index is 0.237. The summed E-state index contributed by atoms with van der Waals surface area (Å²) in [4.78, 5) is 13.3. The molecule has 0 spiro atoms. The average Bonchev–Trinajstić information content (AvgIpc) is 2.48. The quantitative estimate of drug-likeness (QED) is 0.761. The smallest absolute Gasteiger partial charge is 0.231 e. The van der Waals surface area contributed by atoms with Crippen molar-refractivity contribution in [3.63, 3.8) is 0 Å². The van der Waals surface area contributed by atoms with Crippen molar-refractivity contribution in [1.29, 1.82) is 0 Å². The molecule has 0 fully saturated rings. The normalized spacial score (nSPS) is 10.7. The third kappa shape index (κ3) is 4.93. The number of carbonyl (C=O) groups is 1. The van der Waals surface area contributed by atoms with Crippen molar-refractivity contribution in [1.82, 2.24) is 4.90 Å². The van der Waals surface area contributed by atoms with Gasteiger partial charge in [0.15, 0.2) is 0 Å². The van der Waals surface area contributed by atoms with Gasteiger partial charge in [-0.1, -0.05) is 48.5 Å². The number of hydrogen-bond donors (Lipinski definition) is 2. The molecule has 0 aliphatic carbocycles. The van der Waals surface area contributed by atoms with E-state index < -0.39 is 0 Å². The van der Waals surface area contributed by atoms with Crippen molar-refractivity contribution in [2.45, 2.75) is 13.0 Å². The molecule has 0 saturated heterocycles. The van der Waals surface area contributed by atoms with E-state index in [2.05, 4.69) is 12.1 Å². The van der Waals surface area contributed by atoms with Crippen LogP contribution >= 0.6 is 0 Å². The van der Waals surface area contributed by atoms with Crippen molar-refractivity contribution in [3.05, 3.63) is 65.7 Å². The lowest BCUT2D eigenvalue weighted by molar-refractivity contribution is -0.119. The Hall–Kier alpha value is -2.33.